The first kappa shape index (κ1) is 20.2. The van der Waals surface area contributed by atoms with Crippen LogP contribution in [0.15, 0.2) is 60.4 Å². The Morgan fingerprint density at radius 3 is 2.62 bits per heavy atom. The van der Waals surface area contributed by atoms with Gasteiger partial charge in [0.25, 0.3) is 5.91 Å². The van der Waals surface area contributed by atoms with Gasteiger partial charge in [-0.15, -0.1) is 13.2 Å². The zero-order valence-electron chi connectivity index (χ0n) is 15.2. The molecule has 0 saturated heterocycles. The molecule has 1 aliphatic heterocycles. The largest absolute Gasteiger partial charge is 0.573 e. The number of hydrogen-bond donors (Lipinski definition) is 2. The van der Waals surface area contributed by atoms with Crippen LogP contribution in [0.1, 0.15) is 5.56 Å². The van der Waals surface area contributed by atoms with Gasteiger partial charge in [-0.25, -0.2) is 15.8 Å². The van der Waals surface area contributed by atoms with Crippen LogP contribution in [0.25, 0.3) is 5.57 Å². The SMILES string of the molecule is COc1ncccc1C1=CC(C(=O)N(N)c2ccc(OC(F)(F)F)cc2)=CNC1. The third kappa shape index (κ3) is 4.85. The lowest BCUT2D eigenvalue weighted by atomic mass is 10.0. The minimum Gasteiger partial charge on any atom is -0.481 e. The minimum atomic E-state index is -4.80. The molecule has 0 fully saturated rings. The van der Waals surface area contributed by atoms with Gasteiger partial charge in [0.1, 0.15) is 5.75 Å². The molecule has 0 atom stereocenters. The van der Waals surface area contributed by atoms with E-state index in [0.29, 0.717) is 12.4 Å². The summed E-state index contributed by atoms with van der Waals surface area (Å²) in [6.07, 6.45) is -0.0449. The summed E-state index contributed by atoms with van der Waals surface area (Å²) in [5.74, 6) is 5.32. The lowest BCUT2D eigenvalue weighted by molar-refractivity contribution is -0.274. The summed E-state index contributed by atoms with van der Waals surface area (Å²) in [5, 5.41) is 3.83. The lowest BCUT2D eigenvalue weighted by Gasteiger charge is -2.21. The van der Waals surface area contributed by atoms with Crippen LogP contribution >= 0.6 is 0 Å². The van der Waals surface area contributed by atoms with Crippen LogP contribution in [-0.2, 0) is 4.79 Å². The fourth-order valence-corrected chi connectivity index (χ4v) is 2.71. The Hall–Kier alpha value is -3.53. The predicted molar refractivity (Wildman–Crippen MR) is 99.7 cm³/mol. The Labute approximate surface area is 164 Å². The number of carbonyl (C=O) groups excluding carboxylic acids is 1. The molecule has 3 rings (SSSR count). The summed E-state index contributed by atoms with van der Waals surface area (Å²) in [4.78, 5) is 16.9. The topological polar surface area (TPSA) is 89.7 Å². The number of hydrazine groups is 1. The predicted octanol–water partition coefficient (Wildman–Crippen LogP) is 2.77. The second-order valence-corrected chi connectivity index (χ2v) is 5.93. The van der Waals surface area contributed by atoms with Crippen LogP contribution in [0.5, 0.6) is 11.6 Å². The first-order valence-corrected chi connectivity index (χ1v) is 8.37. The van der Waals surface area contributed by atoms with Crippen molar-refractivity contribution in [1.82, 2.24) is 10.3 Å². The normalized spacial score (nSPS) is 13.7. The third-order valence-corrected chi connectivity index (χ3v) is 4.00. The number of nitrogens with zero attached hydrogens (tertiary/aromatic N) is 2. The molecule has 0 bridgehead atoms. The van der Waals surface area contributed by atoms with Crippen molar-refractivity contribution >= 4 is 17.2 Å². The number of rotatable bonds is 5. The number of nitrogens with one attached hydrogen (secondary N) is 1. The molecule has 29 heavy (non-hydrogen) atoms. The van der Waals surface area contributed by atoms with E-state index in [0.717, 1.165) is 28.3 Å². The molecular weight excluding hydrogens is 389 g/mol. The number of alkyl halides is 3. The number of aromatic nitrogens is 1. The number of pyridine rings is 1. The Balaban J connectivity index is 1.79. The van der Waals surface area contributed by atoms with Crippen LogP contribution in [0.3, 0.4) is 0 Å². The fourth-order valence-electron chi connectivity index (χ4n) is 2.71. The van der Waals surface area contributed by atoms with Crippen molar-refractivity contribution in [2.75, 3.05) is 18.7 Å². The number of halogens is 3. The second kappa shape index (κ2) is 8.23. The van der Waals surface area contributed by atoms with Crippen LogP contribution < -0.4 is 25.6 Å². The zero-order valence-corrected chi connectivity index (χ0v) is 15.2. The standard InChI is InChI=1S/C19H17F3N4O3/c1-28-17-16(3-2-8-25-17)12-9-13(11-24-10-12)18(27)26(23)14-4-6-15(7-5-14)29-19(20,21)22/h2-9,11,24H,10,23H2,1H3. The van der Waals surface area contributed by atoms with Crippen molar-refractivity contribution in [3.05, 3.63) is 66.0 Å². The van der Waals surface area contributed by atoms with Crippen LogP contribution in [-0.4, -0.2) is 30.9 Å². The maximum absolute atomic E-state index is 12.7. The molecule has 152 valence electrons. The maximum Gasteiger partial charge on any atom is 0.573 e. The Morgan fingerprint density at radius 1 is 1.24 bits per heavy atom. The Kier molecular flexibility index (Phi) is 5.74. The van der Waals surface area contributed by atoms with Gasteiger partial charge < -0.3 is 14.8 Å². The first-order chi connectivity index (χ1) is 13.8. The molecular formula is C19H17F3N4O3. The number of amides is 1. The van der Waals surface area contributed by atoms with Crippen LogP contribution in [0, 0.1) is 0 Å². The van der Waals surface area contributed by atoms with Gasteiger partial charge in [-0.3, -0.25) is 4.79 Å². The van der Waals surface area contributed by atoms with Gasteiger partial charge in [0.15, 0.2) is 0 Å². The van der Waals surface area contributed by atoms with Crippen molar-refractivity contribution in [1.29, 1.82) is 0 Å². The molecule has 1 aromatic carbocycles. The van der Waals surface area contributed by atoms with E-state index in [1.807, 2.05) is 6.07 Å². The van der Waals surface area contributed by atoms with E-state index in [4.69, 9.17) is 10.6 Å². The molecule has 2 heterocycles. The number of methoxy groups -OCH3 is 1. The molecule has 1 amide bonds. The second-order valence-electron chi connectivity index (χ2n) is 5.93. The van der Waals surface area contributed by atoms with Crippen molar-refractivity contribution in [2.45, 2.75) is 6.36 Å². The van der Waals surface area contributed by atoms with Gasteiger partial charge in [0.05, 0.1) is 18.4 Å². The number of anilines is 1. The van der Waals surface area contributed by atoms with Gasteiger partial charge in [-0.1, -0.05) is 0 Å². The molecule has 0 radical (unpaired) electrons. The lowest BCUT2D eigenvalue weighted by Crippen LogP contribution is -2.39. The van der Waals surface area contributed by atoms with E-state index in [1.54, 1.807) is 18.3 Å². The highest BCUT2D eigenvalue weighted by Gasteiger charge is 2.31. The molecule has 0 aliphatic carbocycles. The van der Waals surface area contributed by atoms with Gasteiger partial charge >= 0.3 is 6.36 Å². The van der Waals surface area contributed by atoms with Crippen LogP contribution in [0.4, 0.5) is 18.9 Å². The highest BCUT2D eigenvalue weighted by molar-refractivity contribution is 6.08. The number of hydrogen-bond acceptors (Lipinski definition) is 6. The van der Waals surface area contributed by atoms with E-state index in [-0.39, 0.29) is 11.3 Å². The first-order valence-electron chi connectivity index (χ1n) is 8.37. The number of benzene rings is 1. The number of nitrogens with two attached hydrogens (primary N) is 1. The number of carbonyl (C=O) groups is 1. The van der Waals surface area contributed by atoms with Crippen molar-refractivity contribution in [3.63, 3.8) is 0 Å². The molecule has 10 heteroatoms. The summed E-state index contributed by atoms with van der Waals surface area (Å²) >= 11 is 0. The third-order valence-electron chi connectivity index (χ3n) is 4.00. The molecule has 0 unspecified atom stereocenters. The van der Waals surface area contributed by atoms with Gasteiger partial charge in [-0.05, 0) is 48.0 Å². The summed E-state index contributed by atoms with van der Waals surface area (Å²) in [6, 6.07) is 8.22. The quantitative estimate of drug-likeness (QED) is 0.451. The summed E-state index contributed by atoms with van der Waals surface area (Å²) in [7, 11) is 1.50. The fraction of sp³-hybridized carbons (Fsp3) is 0.158. The summed E-state index contributed by atoms with van der Waals surface area (Å²) < 4.78 is 45.8. The molecule has 3 N–H and O–H groups in total. The van der Waals surface area contributed by atoms with E-state index in [2.05, 4.69) is 15.0 Å². The molecule has 1 aromatic heterocycles. The van der Waals surface area contributed by atoms with Gasteiger partial charge in [0, 0.05) is 24.5 Å². The Bertz CT molecular complexity index is 956. The number of ether oxygens (including phenoxy) is 2. The van der Waals surface area contributed by atoms with Crippen molar-refractivity contribution in [3.8, 4) is 11.6 Å². The molecule has 7 nitrogen and oxygen atoms in total. The van der Waals surface area contributed by atoms with Crippen molar-refractivity contribution < 1.29 is 27.4 Å². The van der Waals surface area contributed by atoms with E-state index in [9.17, 15) is 18.0 Å². The van der Waals surface area contributed by atoms with E-state index < -0.39 is 18.0 Å². The van der Waals surface area contributed by atoms with Gasteiger partial charge in [-0.2, -0.15) is 0 Å². The summed E-state index contributed by atoms with van der Waals surface area (Å²) in [5.41, 5.74) is 1.95. The molecule has 1 aliphatic rings. The smallest absolute Gasteiger partial charge is 0.481 e. The maximum atomic E-state index is 12.7. The van der Waals surface area contributed by atoms with E-state index in [1.165, 1.54) is 25.4 Å². The summed E-state index contributed by atoms with van der Waals surface area (Å²) in [6.45, 7) is 0.451. The highest BCUT2D eigenvalue weighted by Crippen LogP contribution is 2.28. The number of dihydropyridines is 1. The van der Waals surface area contributed by atoms with Crippen molar-refractivity contribution in [2.24, 2.45) is 5.84 Å². The Morgan fingerprint density at radius 2 is 1.97 bits per heavy atom. The average molecular weight is 406 g/mol. The zero-order chi connectivity index (χ0) is 21.0. The molecule has 0 spiro atoms. The van der Waals surface area contributed by atoms with Gasteiger partial charge in [0.2, 0.25) is 5.88 Å². The molecule has 0 saturated carbocycles. The highest BCUT2D eigenvalue weighted by atomic mass is 19.4. The average Bonchev–Trinajstić information content (AvgIpc) is 2.72. The van der Waals surface area contributed by atoms with Crippen LogP contribution in [0.2, 0.25) is 0 Å². The van der Waals surface area contributed by atoms with E-state index >= 15 is 0 Å². The monoisotopic (exact) mass is 406 g/mol. The molecule has 2 aromatic rings. The minimum absolute atomic E-state index is 0.199.